The summed E-state index contributed by atoms with van der Waals surface area (Å²) in [5, 5.41) is 5.40. The molecule has 1 aliphatic rings. The molecule has 0 fully saturated rings. The number of carbonyl (C=O) groups is 1. The molecule has 3 rings (SSSR count). The molecule has 0 saturated heterocycles. The second-order valence-corrected chi connectivity index (χ2v) is 7.73. The Morgan fingerprint density at radius 3 is 2.93 bits per heavy atom. The minimum absolute atomic E-state index is 0.0595. The summed E-state index contributed by atoms with van der Waals surface area (Å²) in [5.74, 6) is 0.844. The summed E-state index contributed by atoms with van der Waals surface area (Å²) in [7, 11) is 2.02. The zero-order chi connectivity index (χ0) is 19.1. The Morgan fingerprint density at radius 2 is 2.15 bits per heavy atom. The Labute approximate surface area is 165 Å². The van der Waals surface area contributed by atoms with Crippen LogP contribution in [0.25, 0.3) is 0 Å². The van der Waals surface area contributed by atoms with E-state index >= 15 is 0 Å². The topological polar surface area (TPSA) is 47.9 Å². The molecule has 5 nitrogen and oxygen atoms in total. The first-order valence-corrected chi connectivity index (χ1v) is 10.5. The summed E-state index contributed by atoms with van der Waals surface area (Å²) in [6, 6.07) is 12.4. The number of para-hydroxylation sites is 1. The lowest BCUT2D eigenvalue weighted by molar-refractivity contribution is -0.117. The monoisotopic (exact) mass is 384 g/mol. The number of amides is 1. The van der Waals surface area contributed by atoms with E-state index in [1.165, 1.54) is 10.4 Å². The van der Waals surface area contributed by atoms with Gasteiger partial charge in [-0.25, -0.2) is 4.99 Å². The minimum Gasteiger partial charge on any atom is -0.357 e. The van der Waals surface area contributed by atoms with Crippen molar-refractivity contribution in [2.24, 2.45) is 4.99 Å². The Hall–Kier alpha value is -2.34. The highest BCUT2D eigenvalue weighted by molar-refractivity contribution is 7.09. The van der Waals surface area contributed by atoms with Crippen LogP contribution in [0, 0.1) is 0 Å². The molecular formula is C21H28N4OS. The molecule has 0 bridgehead atoms. The molecule has 0 unspecified atom stereocenters. The number of hydrogen-bond acceptors (Lipinski definition) is 3. The normalized spacial score (nSPS) is 14.0. The van der Waals surface area contributed by atoms with Gasteiger partial charge in [0.05, 0.1) is 0 Å². The lowest BCUT2D eigenvalue weighted by Gasteiger charge is -2.29. The van der Waals surface area contributed by atoms with E-state index in [4.69, 9.17) is 0 Å². The van der Waals surface area contributed by atoms with E-state index in [2.05, 4.69) is 38.8 Å². The lowest BCUT2D eigenvalue weighted by atomic mass is 10.0. The average molecular weight is 385 g/mol. The summed E-state index contributed by atoms with van der Waals surface area (Å²) in [6.07, 6.45) is 3.02. The SMILES string of the molecule is CCNC(=NCC(=O)N1CCCc2ccccc21)N(C)CCc1cccs1. The van der Waals surface area contributed by atoms with Gasteiger partial charge in [0.2, 0.25) is 5.91 Å². The molecule has 2 heterocycles. The first kappa shape index (κ1) is 19.4. The van der Waals surface area contributed by atoms with E-state index in [1.807, 2.05) is 37.1 Å². The highest BCUT2D eigenvalue weighted by atomic mass is 32.1. The van der Waals surface area contributed by atoms with Gasteiger partial charge in [-0.3, -0.25) is 4.79 Å². The summed E-state index contributed by atoms with van der Waals surface area (Å²) in [5.41, 5.74) is 2.29. The van der Waals surface area contributed by atoms with Crippen molar-refractivity contribution in [2.75, 3.05) is 38.1 Å². The first-order valence-electron chi connectivity index (χ1n) is 9.59. The minimum atomic E-state index is 0.0595. The smallest absolute Gasteiger partial charge is 0.248 e. The summed E-state index contributed by atoms with van der Waals surface area (Å²) in [4.78, 5) is 22.8. The van der Waals surface area contributed by atoms with Crippen LogP contribution in [-0.2, 0) is 17.6 Å². The van der Waals surface area contributed by atoms with Crippen molar-refractivity contribution in [3.63, 3.8) is 0 Å². The van der Waals surface area contributed by atoms with Crippen molar-refractivity contribution in [3.8, 4) is 0 Å². The number of benzene rings is 1. The van der Waals surface area contributed by atoms with Crippen molar-refractivity contribution >= 4 is 28.9 Å². The summed E-state index contributed by atoms with van der Waals surface area (Å²) < 4.78 is 0. The van der Waals surface area contributed by atoms with Crippen LogP contribution in [0.15, 0.2) is 46.8 Å². The number of guanidine groups is 1. The van der Waals surface area contributed by atoms with Crippen molar-refractivity contribution in [2.45, 2.75) is 26.2 Å². The maximum absolute atomic E-state index is 12.8. The molecular weight excluding hydrogens is 356 g/mol. The van der Waals surface area contributed by atoms with Gasteiger partial charge in [-0.05, 0) is 49.3 Å². The fourth-order valence-corrected chi connectivity index (χ4v) is 4.03. The van der Waals surface area contributed by atoms with Crippen molar-refractivity contribution < 1.29 is 4.79 Å². The Morgan fingerprint density at radius 1 is 1.30 bits per heavy atom. The zero-order valence-electron chi connectivity index (χ0n) is 16.1. The third-order valence-corrected chi connectivity index (χ3v) is 5.68. The number of aryl methyl sites for hydroxylation is 1. The molecule has 144 valence electrons. The maximum atomic E-state index is 12.8. The fourth-order valence-electron chi connectivity index (χ4n) is 3.33. The third kappa shape index (κ3) is 5.10. The highest BCUT2D eigenvalue weighted by Crippen LogP contribution is 2.26. The molecule has 0 atom stereocenters. The molecule has 1 N–H and O–H groups in total. The van der Waals surface area contributed by atoms with E-state index < -0.39 is 0 Å². The Balaban J connectivity index is 1.63. The molecule has 1 amide bonds. The molecule has 1 aromatic heterocycles. The predicted octanol–water partition coefficient (Wildman–Crippen LogP) is 3.17. The number of nitrogens with zero attached hydrogens (tertiary/aromatic N) is 3. The number of fused-ring (bicyclic) bond motifs is 1. The maximum Gasteiger partial charge on any atom is 0.248 e. The van der Waals surface area contributed by atoms with Crippen LogP contribution in [0.5, 0.6) is 0 Å². The number of nitrogens with one attached hydrogen (secondary N) is 1. The van der Waals surface area contributed by atoms with Crippen LogP contribution >= 0.6 is 11.3 Å². The van der Waals surface area contributed by atoms with Gasteiger partial charge in [-0.2, -0.15) is 0 Å². The standard InChI is InChI=1S/C21H28N4OS/c1-3-22-21(24(2)14-12-18-10-7-15-27-18)23-16-20(26)25-13-6-9-17-8-4-5-11-19(17)25/h4-5,7-8,10-11,15H,3,6,9,12-14,16H2,1-2H3,(H,22,23). The van der Waals surface area contributed by atoms with Gasteiger partial charge in [0.25, 0.3) is 0 Å². The van der Waals surface area contributed by atoms with Gasteiger partial charge in [-0.15, -0.1) is 11.3 Å². The number of carbonyl (C=O) groups excluding carboxylic acids is 1. The van der Waals surface area contributed by atoms with Crippen molar-refractivity contribution in [1.29, 1.82) is 0 Å². The number of aliphatic imine (C=N–C) groups is 1. The van der Waals surface area contributed by atoms with Crippen LogP contribution in [0.1, 0.15) is 23.8 Å². The number of rotatable bonds is 6. The van der Waals surface area contributed by atoms with Gasteiger partial charge >= 0.3 is 0 Å². The molecule has 0 saturated carbocycles. The molecule has 0 aliphatic carbocycles. The van der Waals surface area contributed by atoms with E-state index in [9.17, 15) is 4.79 Å². The van der Waals surface area contributed by atoms with Crippen LogP contribution in [0.2, 0.25) is 0 Å². The van der Waals surface area contributed by atoms with Crippen LogP contribution in [0.3, 0.4) is 0 Å². The molecule has 0 spiro atoms. The van der Waals surface area contributed by atoms with Crippen molar-refractivity contribution in [3.05, 3.63) is 52.2 Å². The van der Waals surface area contributed by atoms with Crippen LogP contribution in [0.4, 0.5) is 5.69 Å². The summed E-state index contributed by atoms with van der Waals surface area (Å²) in [6.45, 7) is 4.64. The first-order chi connectivity index (χ1) is 13.2. The molecule has 1 aliphatic heterocycles. The molecule has 0 radical (unpaired) electrons. The van der Waals surface area contributed by atoms with E-state index in [1.54, 1.807) is 11.3 Å². The van der Waals surface area contributed by atoms with Gasteiger partial charge in [0, 0.05) is 37.2 Å². The quantitative estimate of drug-likeness (QED) is 0.615. The Bertz CT molecular complexity index is 772. The number of hydrogen-bond donors (Lipinski definition) is 1. The predicted molar refractivity (Wildman–Crippen MR) is 114 cm³/mol. The second-order valence-electron chi connectivity index (χ2n) is 6.70. The number of likely N-dealkylation sites (N-methyl/N-ethyl adjacent to an activating group) is 1. The third-order valence-electron chi connectivity index (χ3n) is 4.75. The lowest BCUT2D eigenvalue weighted by Crippen LogP contribution is -2.42. The van der Waals surface area contributed by atoms with Gasteiger partial charge < -0.3 is 15.1 Å². The second kappa shape index (κ2) is 9.55. The van der Waals surface area contributed by atoms with E-state index in [-0.39, 0.29) is 12.5 Å². The van der Waals surface area contributed by atoms with Crippen LogP contribution in [-0.4, -0.2) is 50.0 Å². The molecule has 2 aromatic rings. The largest absolute Gasteiger partial charge is 0.357 e. The average Bonchev–Trinajstić information content (AvgIpc) is 3.22. The highest BCUT2D eigenvalue weighted by Gasteiger charge is 2.22. The zero-order valence-corrected chi connectivity index (χ0v) is 17.0. The fraction of sp³-hybridized carbons (Fsp3) is 0.429. The molecule has 1 aromatic carbocycles. The van der Waals surface area contributed by atoms with E-state index in [0.29, 0.717) is 0 Å². The van der Waals surface area contributed by atoms with Gasteiger partial charge in [-0.1, -0.05) is 24.3 Å². The van der Waals surface area contributed by atoms with Gasteiger partial charge in [0.15, 0.2) is 5.96 Å². The number of thiophene rings is 1. The Kier molecular flexibility index (Phi) is 6.87. The number of anilines is 1. The van der Waals surface area contributed by atoms with Gasteiger partial charge in [0.1, 0.15) is 6.54 Å². The summed E-state index contributed by atoms with van der Waals surface area (Å²) >= 11 is 1.77. The molecule has 6 heteroatoms. The van der Waals surface area contributed by atoms with E-state index in [0.717, 1.165) is 50.5 Å². The van der Waals surface area contributed by atoms with Crippen LogP contribution < -0.4 is 10.2 Å². The molecule has 27 heavy (non-hydrogen) atoms. The van der Waals surface area contributed by atoms with Crippen molar-refractivity contribution in [1.82, 2.24) is 10.2 Å².